The number of hydrogen-bond donors (Lipinski definition) is 1. The van der Waals surface area contributed by atoms with Crippen LogP contribution in [0.1, 0.15) is 26.3 Å². The van der Waals surface area contributed by atoms with Crippen molar-refractivity contribution < 1.29 is 12.8 Å². The van der Waals surface area contributed by atoms with Crippen molar-refractivity contribution >= 4 is 20.8 Å². The fourth-order valence-corrected chi connectivity index (χ4v) is 3.80. The summed E-state index contributed by atoms with van der Waals surface area (Å²) in [6, 6.07) is 7.73. The SMILES string of the molecule is Cc1ccc(S(=O)(=O)NC(C)(C)C)c2c(F)cccc12. The van der Waals surface area contributed by atoms with Gasteiger partial charge >= 0.3 is 0 Å². The molecular weight excluding hydrogens is 277 g/mol. The highest BCUT2D eigenvalue weighted by Gasteiger charge is 2.25. The van der Waals surface area contributed by atoms with Crippen LogP contribution in [0.15, 0.2) is 35.2 Å². The van der Waals surface area contributed by atoms with Crippen LogP contribution in [0.25, 0.3) is 10.8 Å². The lowest BCUT2D eigenvalue weighted by Gasteiger charge is -2.21. The third-order valence-electron chi connectivity index (χ3n) is 2.90. The highest BCUT2D eigenvalue weighted by atomic mass is 32.2. The van der Waals surface area contributed by atoms with E-state index in [1.165, 1.54) is 12.1 Å². The molecule has 0 spiro atoms. The quantitative estimate of drug-likeness (QED) is 0.923. The molecule has 0 aliphatic carbocycles. The van der Waals surface area contributed by atoms with E-state index in [-0.39, 0.29) is 10.3 Å². The van der Waals surface area contributed by atoms with Gasteiger partial charge in [-0.3, -0.25) is 0 Å². The molecule has 0 heterocycles. The summed E-state index contributed by atoms with van der Waals surface area (Å²) in [6.45, 7) is 7.07. The number of fused-ring (bicyclic) bond motifs is 1. The first-order valence-corrected chi connectivity index (χ1v) is 7.82. The number of nitrogens with one attached hydrogen (secondary N) is 1. The molecule has 0 amide bonds. The van der Waals surface area contributed by atoms with Gasteiger partial charge in [-0.25, -0.2) is 17.5 Å². The fourth-order valence-electron chi connectivity index (χ4n) is 2.16. The van der Waals surface area contributed by atoms with Crippen LogP contribution < -0.4 is 4.72 Å². The molecule has 0 fully saturated rings. The normalized spacial score (nSPS) is 12.8. The lowest BCUT2D eigenvalue weighted by atomic mass is 10.1. The van der Waals surface area contributed by atoms with Gasteiger partial charge in [-0.05, 0) is 50.8 Å². The van der Waals surface area contributed by atoms with E-state index in [9.17, 15) is 12.8 Å². The molecular formula is C15H18FNO2S. The van der Waals surface area contributed by atoms with Gasteiger partial charge in [0.15, 0.2) is 0 Å². The molecule has 1 N–H and O–H groups in total. The maximum atomic E-state index is 14.1. The molecule has 5 heteroatoms. The van der Waals surface area contributed by atoms with E-state index in [1.807, 2.05) is 6.92 Å². The van der Waals surface area contributed by atoms with E-state index >= 15 is 0 Å². The predicted octanol–water partition coefficient (Wildman–Crippen LogP) is 3.36. The highest BCUT2D eigenvalue weighted by molar-refractivity contribution is 7.89. The van der Waals surface area contributed by atoms with Crippen molar-refractivity contribution in [1.29, 1.82) is 0 Å². The van der Waals surface area contributed by atoms with Crippen LogP contribution in [0.2, 0.25) is 0 Å². The minimum Gasteiger partial charge on any atom is -0.207 e. The molecule has 2 aromatic carbocycles. The summed E-state index contributed by atoms with van der Waals surface area (Å²) in [5.41, 5.74) is 0.218. The number of hydrogen-bond acceptors (Lipinski definition) is 2. The van der Waals surface area contributed by atoms with Crippen LogP contribution in [-0.2, 0) is 10.0 Å². The summed E-state index contributed by atoms with van der Waals surface area (Å²) in [5.74, 6) is -0.527. The molecule has 0 atom stereocenters. The minimum absolute atomic E-state index is 0.0221. The Kier molecular flexibility index (Phi) is 3.60. The van der Waals surface area contributed by atoms with Gasteiger partial charge in [-0.2, -0.15) is 0 Å². The topological polar surface area (TPSA) is 46.2 Å². The minimum atomic E-state index is -3.77. The monoisotopic (exact) mass is 295 g/mol. The van der Waals surface area contributed by atoms with Crippen molar-refractivity contribution in [3.05, 3.63) is 41.7 Å². The third kappa shape index (κ3) is 2.83. The van der Waals surface area contributed by atoms with Gasteiger partial charge in [-0.15, -0.1) is 0 Å². The Labute approximate surface area is 118 Å². The van der Waals surface area contributed by atoms with Gasteiger partial charge in [0.1, 0.15) is 5.82 Å². The first kappa shape index (κ1) is 14.9. The van der Waals surface area contributed by atoms with Crippen molar-refractivity contribution in [2.45, 2.75) is 38.1 Å². The lowest BCUT2D eigenvalue weighted by molar-refractivity contribution is 0.491. The van der Waals surface area contributed by atoms with E-state index in [0.717, 1.165) is 5.56 Å². The smallest absolute Gasteiger partial charge is 0.207 e. The summed E-state index contributed by atoms with van der Waals surface area (Å²) in [4.78, 5) is -0.0221. The number of halogens is 1. The Morgan fingerprint density at radius 3 is 2.35 bits per heavy atom. The second-order valence-corrected chi connectivity index (χ2v) is 7.55. The van der Waals surface area contributed by atoms with Gasteiger partial charge in [0.2, 0.25) is 10.0 Å². The molecule has 0 aliphatic rings. The Bertz CT molecular complexity index is 761. The Hall–Kier alpha value is -1.46. The maximum absolute atomic E-state index is 14.1. The highest BCUT2D eigenvalue weighted by Crippen LogP contribution is 2.28. The average Bonchev–Trinajstić information content (AvgIpc) is 2.27. The van der Waals surface area contributed by atoms with E-state index in [0.29, 0.717) is 5.39 Å². The van der Waals surface area contributed by atoms with Crippen molar-refractivity contribution in [2.75, 3.05) is 0 Å². The van der Waals surface area contributed by atoms with E-state index in [2.05, 4.69) is 4.72 Å². The molecule has 0 radical (unpaired) electrons. The molecule has 3 nitrogen and oxygen atoms in total. The van der Waals surface area contributed by atoms with Gasteiger partial charge in [0, 0.05) is 10.9 Å². The molecule has 20 heavy (non-hydrogen) atoms. The second kappa shape index (κ2) is 4.82. The first-order chi connectivity index (χ1) is 9.12. The summed E-state index contributed by atoms with van der Waals surface area (Å²) in [5, 5.41) is 0.756. The zero-order valence-corrected chi connectivity index (χ0v) is 12.8. The molecule has 2 aromatic rings. The Morgan fingerprint density at radius 1 is 1.10 bits per heavy atom. The van der Waals surface area contributed by atoms with Gasteiger partial charge in [-0.1, -0.05) is 18.2 Å². The van der Waals surface area contributed by atoms with Gasteiger partial charge < -0.3 is 0 Å². The molecule has 0 saturated carbocycles. The van der Waals surface area contributed by atoms with Crippen molar-refractivity contribution in [1.82, 2.24) is 4.72 Å². The van der Waals surface area contributed by atoms with Gasteiger partial charge in [0.05, 0.1) is 4.90 Å². The summed E-state index contributed by atoms with van der Waals surface area (Å²) in [6.07, 6.45) is 0. The van der Waals surface area contributed by atoms with Crippen LogP contribution >= 0.6 is 0 Å². The van der Waals surface area contributed by atoms with Crippen LogP contribution in [0, 0.1) is 12.7 Å². The van der Waals surface area contributed by atoms with Crippen LogP contribution in [0.3, 0.4) is 0 Å². The Balaban J connectivity index is 2.77. The molecule has 0 aromatic heterocycles. The molecule has 108 valence electrons. The largest absolute Gasteiger partial charge is 0.241 e. The molecule has 0 saturated heterocycles. The van der Waals surface area contributed by atoms with Crippen LogP contribution in [-0.4, -0.2) is 14.0 Å². The zero-order valence-electron chi connectivity index (χ0n) is 12.0. The number of sulfonamides is 1. The first-order valence-electron chi connectivity index (χ1n) is 6.34. The van der Waals surface area contributed by atoms with Gasteiger partial charge in [0.25, 0.3) is 0 Å². The molecule has 0 aliphatic heterocycles. The number of aryl methyl sites for hydroxylation is 1. The maximum Gasteiger partial charge on any atom is 0.241 e. The van der Waals surface area contributed by atoms with Crippen molar-refractivity contribution in [2.24, 2.45) is 0 Å². The van der Waals surface area contributed by atoms with E-state index in [4.69, 9.17) is 0 Å². The summed E-state index contributed by atoms with van der Waals surface area (Å²) < 4.78 is 41.5. The third-order valence-corrected chi connectivity index (χ3v) is 4.70. The second-order valence-electron chi connectivity index (χ2n) is 5.90. The van der Waals surface area contributed by atoms with Crippen molar-refractivity contribution in [3.63, 3.8) is 0 Å². The average molecular weight is 295 g/mol. The molecule has 0 unspecified atom stereocenters. The van der Waals surface area contributed by atoms with Crippen LogP contribution in [0.5, 0.6) is 0 Å². The van der Waals surface area contributed by atoms with Crippen LogP contribution in [0.4, 0.5) is 4.39 Å². The van der Waals surface area contributed by atoms with E-state index < -0.39 is 21.4 Å². The number of rotatable bonds is 2. The predicted molar refractivity (Wildman–Crippen MR) is 78.7 cm³/mol. The summed E-state index contributed by atoms with van der Waals surface area (Å²) in [7, 11) is -3.77. The Morgan fingerprint density at radius 2 is 1.75 bits per heavy atom. The standard InChI is InChI=1S/C15H18FNO2S/c1-10-8-9-13(20(18,19)17-15(2,3)4)14-11(10)6-5-7-12(14)16/h5-9,17H,1-4H3. The summed E-state index contributed by atoms with van der Waals surface area (Å²) >= 11 is 0. The fraction of sp³-hybridized carbons (Fsp3) is 0.333. The molecule has 2 rings (SSSR count). The molecule has 0 bridgehead atoms. The van der Waals surface area contributed by atoms with E-state index in [1.54, 1.807) is 39.0 Å². The lowest BCUT2D eigenvalue weighted by Crippen LogP contribution is -2.40. The zero-order chi connectivity index (χ0) is 15.1. The number of benzene rings is 2. The van der Waals surface area contributed by atoms with Crippen molar-refractivity contribution in [3.8, 4) is 0 Å².